The lowest BCUT2D eigenvalue weighted by Gasteiger charge is -2.14. The first kappa shape index (κ1) is 20.7. The molecule has 0 aliphatic heterocycles. The van der Waals surface area contributed by atoms with Crippen LogP contribution in [0.3, 0.4) is 0 Å². The summed E-state index contributed by atoms with van der Waals surface area (Å²) in [5.41, 5.74) is 7.15. The Morgan fingerprint density at radius 3 is 2.68 bits per heavy atom. The van der Waals surface area contributed by atoms with E-state index in [0.29, 0.717) is 10.9 Å². The van der Waals surface area contributed by atoms with Crippen LogP contribution >= 0.6 is 12.2 Å². The van der Waals surface area contributed by atoms with E-state index in [4.69, 9.17) is 16.6 Å². The molecule has 3 N–H and O–H groups in total. The Hall–Kier alpha value is -3.52. The van der Waals surface area contributed by atoms with Crippen LogP contribution in [-0.4, -0.2) is 21.7 Å². The van der Waals surface area contributed by atoms with E-state index in [2.05, 4.69) is 26.1 Å². The molecule has 1 amide bonds. The average Bonchev–Trinajstić information content (AvgIpc) is 3.12. The fourth-order valence-electron chi connectivity index (χ4n) is 3.58. The summed E-state index contributed by atoms with van der Waals surface area (Å²) >= 11 is 5.34. The second-order valence-electron chi connectivity index (χ2n) is 7.32. The molecule has 0 saturated heterocycles. The van der Waals surface area contributed by atoms with Gasteiger partial charge in [0, 0.05) is 29.4 Å². The van der Waals surface area contributed by atoms with Crippen LogP contribution in [0.5, 0.6) is 0 Å². The number of amides is 1. The molecule has 2 aromatic heterocycles. The predicted octanol–water partition coefficient (Wildman–Crippen LogP) is 4.57. The van der Waals surface area contributed by atoms with Gasteiger partial charge in [0.15, 0.2) is 10.9 Å². The summed E-state index contributed by atoms with van der Waals surface area (Å²) in [6.07, 6.45) is 4.07. The van der Waals surface area contributed by atoms with E-state index in [9.17, 15) is 4.79 Å². The molecule has 0 unspecified atom stereocenters. The maximum absolute atomic E-state index is 12.8. The molecule has 0 saturated carbocycles. The number of nitrogens with zero attached hydrogens (tertiary/aromatic N) is 2. The van der Waals surface area contributed by atoms with Crippen LogP contribution in [0.1, 0.15) is 45.8 Å². The Morgan fingerprint density at radius 2 is 1.90 bits per heavy atom. The number of hydrazone groups is 1. The minimum Gasteiger partial charge on any atom is -0.455 e. The molecule has 4 rings (SSSR count). The lowest BCUT2D eigenvalue weighted by Crippen LogP contribution is -2.26. The van der Waals surface area contributed by atoms with Crippen LogP contribution in [0.15, 0.2) is 58.2 Å². The van der Waals surface area contributed by atoms with Gasteiger partial charge in [0.05, 0.1) is 5.71 Å². The molecule has 158 valence electrons. The third-order valence-corrected chi connectivity index (χ3v) is 5.29. The highest BCUT2D eigenvalue weighted by molar-refractivity contribution is 7.80. The number of aryl methyl sites for hydroxylation is 2. The number of hydrogen-bond donors (Lipinski definition) is 3. The SMILES string of the molecule is Cc1cccnc1NC(=O)c1oc2c(c1C)/C(=N/NC(=S)Nc1ccccc1)CCC2. The number of thiocarbonyl (C=S) groups is 1. The molecule has 7 nitrogen and oxygen atoms in total. The minimum atomic E-state index is -0.317. The molecule has 8 heteroatoms. The van der Waals surface area contributed by atoms with Gasteiger partial charge in [0.25, 0.3) is 5.91 Å². The standard InChI is InChI=1S/C23H23N5O2S/c1-14-8-7-13-24-21(14)26-22(29)20-15(2)19-17(11-6-12-18(19)30-20)27-28-23(31)25-16-9-4-3-5-10-16/h3-5,7-10,13H,6,11-12H2,1-2H3,(H,24,26,29)(H2,25,28,31)/b27-17+. The predicted molar refractivity (Wildman–Crippen MR) is 126 cm³/mol. The number of fused-ring (bicyclic) bond motifs is 1. The van der Waals surface area contributed by atoms with Gasteiger partial charge in [-0.05, 0) is 62.7 Å². The van der Waals surface area contributed by atoms with Crippen molar-refractivity contribution in [3.63, 3.8) is 0 Å². The van der Waals surface area contributed by atoms with Gasteiger partial charge >= 0.3 is 0 Å². The largest absolute Gasteiger partial charge is 0.455 e. The zero-order chi connectivity index (χ0) is 21.8. The summed E-state index contributed by atoms with van der Waals surface area (Å²) in [6, 6.07) is 13.4. The van der Waals surface area contributed by atoms with Gasteiger partial charge in [-0.25, -0.2) is 4.98 Å². The van der Waals surface area contributed by atoms with Crippen molar-refractivity contribution in [3.05, 3.63) is 76.9 Å². The molecule has 0 radical (unpaired) electrons. The van der Waals surface area contributed by atoms with Gasteiger partial charge in [-0.15, -0.1) is 0 Å². The molecule has 0 bridgehead atoms. The first-order valence-electron chi connectivity index (χ1n) is 10.1. The lowest BCUT2D eigenvalue weighted by molar-refractivity contribution is 0.0993. The van der Waals surface area contributed by atoms with Gasteiger partial charge in [0.1, 0.15) is 11.6 Å². The first-order chi connectivity index (χ1) is 15.0. The van der Waals surface area contributed by atoms with Crippen molar-refractivity contribution in [1.82, 2.24) is 10.4 Å². The first-order valence-corrected chi connectivity index (χ1v) is 10.5. The monoisotopic (exact) mass is 433 g/mol. The fourth-order valence-corrected chi connectivity index (χ4v) is 3.74. The number of benzene rings is 1. The van der Waals surface area contributed by atoms with Crippen LogP contribution in [0, 0.1) is 13.8 Å². The summed E-state index contributed by atoms with van der Waals surface area (Å²) in [7, 11) is 0. The van der Waals surface area contributed by atoms with Gasteiger partial charge in [-0.2, -0.15) is 5.10 Å². The van der Waals surface area contributed by atoms with Crippen LogP contribution in [0.25, 0.3) is 0 Å². The molecule has 1 aliphatic carbocycles. The number of aromatic nitrogens is 1. The smallest absolute Gasteiger partial charge is 0.292 e. The fraction of sp³-hybridized carbons (Fsp3) is 0.217. The molecule has 2 heterocycles. The zero-order valence-electron chi connectivity index (χ0n) is 17.4. The summed E-state index contributed by atoms with van der Waals surface area (Å²) in [4.78, 5) is 17.1. The van der Waals surface area contributed by atoms with E-state index in [1.165, 1.54) is 0 Å². The Morgan fingerprint density at radius 1 is 1.10 bits per heavy atom. The van der Waals surface area contributed by atoms with Gasteiger partial charge in [-0.3, -0.25) is 10.2 Å². The number of pyridine rings is 1. The molecule has 3 aromatic rings. The molecular weight excluding hydrogens is 410 g/mol. The maximum atomic E-state index is 12.8. The molecule has 1 aromatic carbocycles. The number of para-hydroxylation sites is 1. The summed E-state index contributed by atoms with van der Waals surface area (Å²) in [6.45, 7) is 3.77. The van der Waals surface area contributed by atoms with Crippen LogP contribution in [0.2, 0.25) is 0 Å². The second kappa shape index (κ2) is 9.09. The van der Waals surface area contributed by atoms with E-state index >= 15 is 0 Å². The Bertz CT molecular complexity index is 1150. The van der Waals surface area contributed by atoms with Crippen molar-refractivity contribution in [2.45, 2.75) is 33.1 Å². The third kappa shape index (κ3) is 4.64. The molecule has 0 fully saturated rings. The quantitative estimate of drug-likeness (QED) is 0.412. The number of carbonyl (C=O) groups is 1. The van der Waals surface area contributed by atoms with Gasteiger partial charge < -0.3 is 15.1 Å². The van der Waals surface area contributed by atoms with E-state index < -0.39 is 0 Å². The van der Waals surface area contributed by atoms with Crippen LogP contribution in [-0.2, 0) is 6.42 Å². The molecule has 31 heavy (non-hydrogen) atoms. The van der Waals surface area contributed by atoms with Crippen molar-refractivity contribution in [3.8, 4) is 0 Å². The van der Waals surface area contributed by atoms with Crippen molar-refractivity contribution in [2.24, 2.45) is 5.10 Å². The highest BCUT2D eigenvalue weighted by Crippen LogP contribution is 2.30. The number of nitrogens with one attached hydrogen (secondary N) is 3. The molecular formula is C23H23N5O2S. The molecule has 0 atom stereocenters. The Balaban J connectivity index is 1.52. The van der Waals surface area contributed by atoms with E-state index in [0.717, 1.165) is 53.1 Å². The minimum absolute atomic E-state index is 0.287. The lowest BCUT2D eigenvalue weighted by atomic mass is 9.93. The van der Waals surface area contributed by atoms with Crippen LogP contribution in [0.4, 0.5) is 11.5 Å². The topological polar surface area (TPSA) is 91.6 Å². The van der Waals surface area contributed by atoms with Gasteiger partial charge in [0.2, 0.25) is 0 Å². The highest BCUT2D eigenvalue weighted by Gasteiger charge is 2.28. The maximum Gasteiger partial charge on any atom is 0.292 e. The number of hydrogen-bond acceptors (Lipinski definition) is 5. The normalized spacial score (nSPS) is 14.1. The Labute approximate surface area is 186 Å². The summed E-state index contributed by atoms with van der Waals surface area (Å²) in [5.74, 6) is 1.26. The average molecular weight is 434 g/mol. The summed E-state index contributed by atoms with van der Waals surface area (Å²) in [5, 5.41) is 10.8. The molecule has 0 spiro atoms. The number of furan rings is 1. The van der Waals surface area contributed by atoms with E-state index in [-0.39, 0.29) is 11.7 Å². The van der Waals surface area contributed by atoms with Crippen molar-refractivity contribution < 1.29 is 9.21 Å². The zero-order valence-corrected chi connectivity index (χ0v) is 18.2. The number of carbonyl (C=O) groups excluding carboxylic acids is 1. The number of rotatable bonds is 4. The highest BCUT2D eigenvalue weighted by atomic mass is 32.1. The van der Waals surface area contributed by atoms with E-state index in [1.807, 2.05) is 56.3 Å². The molecule has 1 aliphatic rings. The second-order valence-corrected chi connectivity index (χ2v) is 7.73. The van der Waals surface area contributed by atoms with Crippen LogP contribution < -0.4 is 16.1 Å². The third-order valence-electron chi connectivity index (χ3n) is 5.10. The van der Waals surface area contributed by atoms with Crippen molar-refractivity contribution in [2.75, 3.05) is 10.6 Å². The van der Waals surface area contributed by atoms with E-state index in [1.54, 1.807) is 6.20 Å². The van der Waals surface area contributed by atoms with Gasteiger partial charge in [-0.1, -0.05) is 24.3 Å². The Kier molecular flexibility index (Phi) is 6.08. The van der Waals surface area contributed by atoms with Crippen molar-refractivity contribution in [1.29, 1.82) is 0 Å². The summed E-state index contributed by atoms with van der Waals surface area (Å²) < 4.78 is 5.95. The van der Waals surface area contributed by atoms with Crippen molar-refractivity contribution >= 4 is 40.5 Å². The number of anilines is 2.